The van der Waals surface area contributed by atoms with E-state index in [1.54, 1.807) is 12.4 Å². The highest BCUT2D eigenvalue weighted by Crippen LogP contribution is 2.09. The number of nitrogens with one attached hydrogen (secondary N) is 2. The lowest BCUT2D eigenvalue weighted by atomic mass is 10.2. The summed E-state index contributed by atoms with van der Waals surface area (Å²) in [7, 11) is 0. The van der Waals surface area contributed by atoms with Crippen molar-refractivity contribution in [2.24, 2.45) is 0 Å². The number of hydrogen-bond acceptors (Lipinski definition) is 4. The number of nitrogens with zero attached hydrogens (tertiary/aromatic N) is 1. The molecular formula is C12H19Cl2N3O2. The predicted molar refractivity (Wildman–Crippen MR) is 79.3 cm³/mol. The third-order valence-electron chi connectivity index (χ3n) is 2.58. The topological polar surface area (TPSA) is 63.2 Å². The van der Waals surface area contributed by atoms with E-state index < -0.39 is 0 Å². The first kappa shape index (κ1) is 18.1. The quantitative estimate of drug-likeness (QED) is 0.889. The van der Waals surface area contributed by atoms with Gasteiger partial charge in [-0.3, -0.25) is 9.78 Å². The molecule has 0 radical (unpaired) electrons. The van der Waals surface area contributed by atoms with Crippen LogP contribution in [0.1, 0.15) is 12.0 Å². The van der Waals surface area contributed by atoms with Gasteiger partial charge in [0.2, 0.25) is 5.91 Å². The maximum atomic E-state index is 11.7. The average Bonchev–Trinajstić information content (AvgIpc) is 2.30. The van der Waals surface area contributed by atoms with Crippen molar-refractivity contribution in [1.82, 2.24) is 10.3 Å². The van der Waals surface area contributed by atoms with Gasteiger partial charge in [-0.05, 0) is 18.6 Å². The molecule has 1 amide bonds. The number of rotatable bonds is 3. The van der Waals surface area contributed by atoms with Gasteiger partial charge in [0.05, 0.1) is 31.0 Å². The normalized spacial score (nSPS) is 17.8. The number of aromatic nitrogens is 1. The average molecular weight is 308 g/mol. The zero-order valence-electron chi connectivity index (χ0n) is 10.7. The van der Waals surface area contributed by atoms with Crippen LogP contribution in [0.5, 0.6) is 0 Å². The van der Waals surface area contributed by atoms with Gasteiger partial charge in [-0.2, -0.15) is 0 Å². The molecule has 1 aromatic heterocycles. The molecule has 0 bridgehead atoms. The van der Waals surface area contributed by atoms with Crippen molar-refractivity contribution in [3.63, 3.8) is 0 Å². The molecule has 1 atom stereocenters. The van der Waals surface area contributed by atoms with E-state index in [0.717, 1.165) is 24.3 Å². The standard InChI is InChI=1S/C12H17N3O2.2ClH/c1-9-4-10(7-14-6-9)15-12(16)5-11-8-13-2-3-17-11;;/h4,6-7,11,13H,2-3,5,8H2,1H3,(H,15,16);2*1H. The summed E-state index contributed by atoms with van der Waals surface area (Å²) in [5, 5.41) is 6.02. The molecule has 5 nitrogen and oxygen atoms in total. The Morgan fingerprint density at radius 3 is 2.95 bits per heavy atom. The van der Waals surface area contributed by atoms with Crippen molar-refractivity contribution in [2.75, 3.05) is 25.0 Å². The Morgan fingerprint density at radius 2 is 2.32 bits per heavy atom. The number of hydrogen-bond donors (Lipinski definition) is 2. The van der Waals surface area contributed by atoms with Crippen LogP contribution in [0.3, 0.4) is 0 Å². The van der Waals surface area contributed by atoms with E-state index in [4.69, 9.17) is 4.74 Å². The molecule has 0 spiro atoms. The number of pyridine rings is 1. The minimum atomic E-state index is -0.0360. The zero-order valence-corrected chi connectivity index (χ0v) is 12.4. The molecule has 1 aromatic rings. The smallest absolute Gasteiger partial charge is 0.227 e. The molecule has 1 aliphatic rings. The van der Waals surface area contributed by atoms with Crippen LogP contribution in [0, 0.1) is 6.92 Å². The second kappa shape index (κ2) is 9.09. The molecular weight excluding hydrogens is 289 g/mol. The van der Waals surface area contributed by atoms with Crippen LogP contribution in [0.15, 0.2) is 18.5 Å². The first-order valence-electron chi connectivity index (χ1n) is 5.78. The monoisotopic (exact) mass is 307 g/mol. The van der Waals surface area contributed by atoms with E-state index in [1.807, 2.05) is 13.0 Å². The van der Waals surface area contributed by atoms with Gasteiger partial charge in [0.25, 0.3) is 0 Å². The van der Waals surface area contributed by atoms with Crippen molar-refractivity contribution in [3.8, 4) is 0 Å². The van der Waals surface area contributed by atoms with Crippen LogP contribution in [-0.2, 0) is 9.53 Å². The van der Waals surface area contributed by atoms with Gasteiger partial charge >= 0.3 is 0 Å². The summed E-state index contributed by atoms with van der Waals surface area (Å²) in [6, 6.07) is 1.89. The SMILES string of the molecule is Cc1cncc(NC(=O)CC2CNCCO2)c1.Cl.Cl. The van der Waals surface area contributed by atoms with E-state index in [9.17, 15) is 4.79 Å². The summed E-state index contributed by atoms with van der Waals surface area (Å²) in [4.78, 5) is 15.8. The van der Waals surface area contributed by atoms with E-state index in [2.05, 4.69) is 15.6 Å². The Morgan fingerprint density at radius 1 is 1.53 bits per heavy atom. The molecule has 2 rings (SSSR count). The molecule has 0 aliphatic carbocycles. The summed E-state index contributed by atoms with van der Waals surface area (Å²) in [6.45, 7) is 4.21. The molecule has 0 aromatic carbocycles. The highest BCUT2D eigenvalue weighted by Gasteiger charge is 2.17. The van der Waals surface area contributed by atoms with Crippen molar-refractivity contribution in [2.45, 2.75) is 19.4 Å². The molecule has 7 heteroatoms. The fraction of sp³-hybridized carbons (Fsp3) is 0.500. The molecule has 1 fully saturated rings. The first-order chi connectivity index (χ1) is 8.24. The Kier molecular flexibility index (Phi) is 8.67. The first-order valence-corrected chi connectivity index (χ1v) is 5.78. The van der Waals surface area contributed by atoms with Crippen molar-refractivity contribution in [1.29, 1.82) is 0 Å². The zero-order chi connectivity index (χ0) is 12.1. The Bertz CT molecular complexity index is 398. The Labute approximate surface area is 125 Å². The molecule has 2 N–H and O–H groups in total. The summed E-state index contributed by atoms with van der Waals surface area (Å²) >= 11 is 0. The van der Waals surface area contributed by atoms with Gasteiger partial charge in [0, 0.05) is 19.3 Å². The van der Waals surface area contributed by atoms with Crippen LogP contribution >= 0.6 is 24.8 Å². The number of carbonyl (C=O) groups is 1. The maximum absolute atomic E-state index is 11.7. The third-order valence-corrected chi connectivity index (χ3v) is 2.58. The van der Waals surface area contributed by atoms with E-state index >= 15 is 0 Å². The van der Waals surface area contributed by atoms with Gasteiger partial charge in [-0.15, -0.1) is 24.8 Å². The van der Waals surface area contributed by atoms with Gasteiger partial charge in [0.15, 0.2) is 0 Å². The molecule has 1 saturated heterocycles. The molecule has 1 unspecified atom stereocenters. The molecule has 0 saturated carbocycles. The molecule has 19 heavy (non-hydrogen) atoms. The van der Waals surface area contributed by atoms with Gasteiger partial charge < -0.3 is 15.4 Å². The second-order valence-electron chi connectivity index (χ2n) is 4.20. The highest BCUT2D eigenvalue weighted by atomic mass is 35.5. The van der Waals surface area contributed by atoms with Gasteiger partial charge in [0.1, 0.15) is 0 Å². The fourth-order valence-corrected chi connectivity index (χ4v) is 1.79. The Hall–Kier alpha value is -0.880. The number of aryl methyl sites for hydroxylation is 1. The van der Waals surface area contributed by atoms with Gasteiger partial charge in [-0.25, -0.2) is 0 Å². The van der Waals surface area contributed by atoms with E-state index in [0.29, 0.717) is 13.0 Å². The number of amides is 1. The van der Waals surface area contributed by atoms with Crippen LogP contribution < -0.4 is 10.6 Å². The van der Waals surface area contributed by atoms with E-state index in [-0.39, 0.29) is 36.8 Å². The number of anilines is 1. The number of carbonyl (C=O) groups excluding carboxylic acids is 1. The highest BCUT2D eigenvalue weighted by molar-refractivity contribution is 5.90. The van der Waals surface area contributed by atoms with Crippen molar-refractivity contribution >= 4 is 36.4 Å². The second-order valence-corrected chi connectivity index (χ2v) is 4.20. The van der Waals surface area contributed by atoms with Crippen LogP contribution in [0.4, 0.5) is 5.69 Å². The largest absolute Gasteiger partial charge is 0.375 e. The predicted octanol–water partition coefficient (Wildman–Crippen LogP) is 1.55. The van der Waals surface area contributed by atoms with E-state index in [1.165, 1.54) is 0 Å². The summed E-state index contributed by atoms with van der Waals surface area (Å²) in [5.74, 6) is -0.0360. The summed E-state index contributed by atoms with van der Waals surface area (Å²) in [6.07, 6.45) is 3.75. The molecule has 1 aliphatic heterocycles. The lowest BCUT2D eigenvalue weighted by molar-refractivity contribution is -0.119. The van der Waals surface area contributed by atoms with Crippen LogP contribution in [0.2, 0.25) is 0 Å². The summed E-state index contributed by atoms with van der Waals surface area (Å²) in [5.41, 5.74) is 1.76. The lowest BCUT2D eigenvalue weighted by Gasteiger charge is -2.23. The van der Waals surface area contributed by atoms with Crippen molar-refractivity contribution < 1.29 is 9.53 Å². The molecule has 2 heterocycles. The minimum absolute atomic E-state index is 0. The number of ether oxygens (including phenoxy) is 1. The lowest BCUT2D eigenvalue weighted by Crippen LogP contribution is -2.40. The van der Waals surface area contributed by atoms with Crippen LogP contribution in [-0.4, -0.2) is 36.7 Å². The van der Waals surface area contributed by atoms with Gasteiger partial charge in [-0.1, -0.05) is 0 Å². The molecule has 108 valence electrons. The third kappa shape index (κ3) is 6.20. The Balaban J connectivity index is 0.00000162. The number of halogens is 2. The summed E-state index contributed by atoms with van der Waals surface area (Å²) < 4.78 is 5.47. The van der Waals surface area contributed by atoms with Crippen LogP contribution in [0.25, 0.3) is 0 Å². The maximum Gasteiger partial charge on any atom is 0.227 e. The fourth-order valence-electron chi connectivity index (χ4n) is 1.79. The number of morpholine rings is 1. The minimum Gasteiger partial charge on any atom is -0.375 e. The van der Waals surface area contributed by atoms with Crippen molar-refractivity contribution in [3.05, 3.63) is 24.0 Å².